The van der Waals surface area contributed by atoms with E-state index in [4.69, 9.17) is 14.2 Å². The van der Waals surface area contributed by atoms with Crippen LogP contribution in [0.4, 0.5) is 0 Å². The molecule has 6 heteroatoms. The normalized spacial score (nSPS) is 16.8. The summed E-state index contributed by atoms with van der Waals surface area (Å²) in [5, 5.41) is 10.00. The molecule has 1 N–H and O–H groups in total. The zero-order chi connectivity index (χ0) is 31.9. The first-order valence-corrected chi connectivity index (χ1v) is 18.9. The van der Waals surface area contributed by atoms with Crippen molar-refractivity contribution in [2.24, 2.45) is 0 Å². The molecular weight excluding hydrogens is 552 g/mol. The molecule has 0 aromatic rings. The molecule has 1 heterocycles. The lowest BCUT2D eigenvalue weighted by molar-refractivity contribution is -0.152. The predicted molar refractivity (Wildman–Crippen MR) is 182 cm³/mol. The number of carbonyl (C=O) groups is 2. The van der Waals surface area contributed by atoms with Gasteiger partial charge in [-0.3, -0.25) is 9.59 Å². The Hall–Kier alpha value is -1.40. The van der Waals surface area contributed by atoms with Crippen LogP contribution in [0.3, 0.4) is 0 Å². The molecule has 0 spiro atoms. The van der Waals surface area contributed by atoms with Gasteiger partial charge in [0.05, 0.1) is 12.2 Å². The maximum absolute atomic E-state index is 11.9. The number of hydrogen-bond acceptors (Lipinski definition) is 6. The molecule has 0 radical (unpaired) electrons. The smallest absolute Gasteiger partial charge is 0.305 e. The van der Waals surface area contributed by atoms with Crippen LogP contribution in [0.25, 0.3) is 0 Å². The van der Waals surface area contributed by atoms with E-state index in [2.05, 4.69) is 26.0 Å². The minimum absolute atomic E-state index is 0.119. The molecule has 0 aromatic heterocycles. The van der Waals surface area contributed by atoms with Gasteiger partial charge >= 0.3 is 11.9 Å². The number of carbonyl (C=O) groups excluding carboxylic acids is 2. The highest BCUT2D eigenvalue weighted by atomic mass is 16.6. The van der Waals surface area contributed by atoms with E-state index in [0.717, 1.165) is 51.4 Å². The van der Waals surface area contributed by atoms with Crippen LogP contribution in [0.1, 0.15) is 187 Å². The largest absolute Gasteiger partial charge is 0.463 e. The van der Waals surface area contributed by atoms with Crippen molar-refractivity contribution in [1.82, 2.24) is 0 Å². The predicted octanol–water partition coefficient (Wildman–Crippen LogP) is 10.3. The third kappa shape index (κ3) is 27.0. The average molecular weight is 623 g/mol. The number of ether oxygens (including phenoxy) is 3. The first-order valence-electron chi connectivity index (χ1n) is 18.9. The second-order valence-electron chi connectivity index (χ2n) is 13.1. The highest BCUT2D eigenvalue weighted by Gasteiger charge is 2.36. The fourth-order valence-electron chi connectivity index (χ4n) is 5.68. The maximum Gasteiger partial charge on any atom is 0.305 e. The van der Waals surface area contributed by atoms with Crippen LogP contribution < -0.4 is 0 Å². The van der Waals surface area contributed by atoms with Crippen molar-refractivity contribution < 1.29 is 28.9 Å². The summed E-state index contributed by atoms with van der Waals surface area (Å²) in [4.78, 5) is 23.9. The quantitative estimate of drug-likeness (QED) is 0.0339. The lowest BCUT2D eigenvalue weighted by Crippen LogP contribution is -2.25. The van der Waals surface area contributed by atoms with Crippen LogP contribution in [0.15, 0.2) is 12.2 Å². The Labute approximate surface area is 271 Å². The Morgan fingerprint density at radius 3 is 1.52 bits per heavy atom. The van der Waals surface area contributed by atoms with Gasteiger partial charge < -0.3 is 19.3 Å². The summed E-state index contributed by atoms with van der Waals surface area (Å²) in [5.74, 6) is -0.579. The molecule has 1 aliphatic rings. The van der Waals surface area contributed by atoms with Crippen molar-refractivity contribution in [2.75, 3.05) is 13.2 Å². The summed E-state index contributed by atoms with van der Waals surface area (Å²) < 4.78 is 16.0. The fraction of sp³-hybridized carbons (Fsp3) is 0.895. The number of aliphatic hydroxyl groups is 1. The van der Waals surface area contributed by atoms with Crippen LogP contribution in [-0.4, -0.2) is 48.6 Å². The zero-order valence-electron chi connectivity index (χ0n) is 28.9. The second-order valence-corrected chi connectivity index (χ2v) is 13.1. The number of aliphatic hydroxyl groups excluding tert-OH is 1. The van der Waals surface area contributed by atoms with Crippen LogP contribution in [-0.2, 0) is 23.8 Å². The van der Waals surface area contributed by atoms with E-state index in [1.54, 1.807) is 0 Å². The highest BCUT2D eigenvalue weighted by Crippen LogP contribution is 2.30. The molecule has 1 fully saturated rings. The molecule has 6 nitrogen and oxygen atoms in total. The Balaban J connectivity index is 1.81. The first kappa shape index (κ1) is 40.6. The molecule has 1 aliphatic heterocycles. The number of epoxide rings is 1. The number of allylic oxidation sites excluding steroid dienone is 1. The number of hydrogen-bond donors (Lipinski definition) is 1. The van der Waals surface area contributed by atoms with E-state index in [9.17, 15) is 14.7 Å². The summed E-state index contributed by atoms with van der Waals surface area (Å²) >= 11 is 0. The van der Waals surface area contributed by atoms with E-state index < -0.39 is 6.10 Å². The second kappa shape index (κ2) is 30.3. The molecule has 2 unspecified atom stereocenters. The van der Waals surface area contributed by atoms with Gasteiger partial charge in [-0.1, -0.05) is 148 Å². The summed E-state index contributed by atoms with van der Waals surface area (Å²) in [5.41, 5.74) is 0. The van der Waals surface area contributed by atoms with E-state index in [0.29, 0.717) is 25.0 Å². The van der Waals surface area contributed by atoms with E-state index in [-0.39, 0.29) is 25.2 Å². The molecule has 44 heavy (non-hydrogen) atoms. The molecule has 0 saturated carbocycles. The Kier molecular flexibility index (Phi) is 27.9. The fourth-order valence-corrected chi connectivity index (χ4v) is 5.68. The zero-order valence-corrected chi connectivity index (χ0v) is 28.9. The van der Waals surface area contributed by atoms with Crippen LogP contribution in [0.5, 0.6) is 0 Å². The minimum Gasteiger partial charge on any atom is -0.463 e. The maximum atomic E-state index is 11.9. The van der Waals surface area contributed by atoms with Crippen molar-refractivity contribution in [3.05, 3.63) is 12.2 Å². The van der Waals surface area contributed by atoms with Crippen molar-refractivity contribution in [3.63, 3.8) is 0 Å². The molecule has 0 aromatic carbocycles. The third-order valence-corrected chi connectivity index (χ3v) is 8.67. The van der Waals surface area contributed by atoms with Gasteiger partial charge in [-0.15, -0.1) is 0 Å². The van der Waals surface area contributed by atoms with Crippen LogP contribution >= 0.6 is 0 Å². The summed E-state index contributed by atoms with van der Waals surface area (Å²) in [6.45, 7) is 4.26. The molecule has 3 atom stereocenters. The number of esters is 2. The van der Waals surface area contributed by atoms with Gasteiger partial charge in [-0.25, -0.2) is 0 Å². The van der Waals surface area contributed by atoms with Gasteiger partial charge in [0.25, 0.3) is 0 Å². The lowest BCUT2D eigenvalue weighted by atomic mass is 10.0. The SMILES string of the molecule is CCCCCCCCCCCCCCCCC(=O)OC[C@H](O)COC(=O)CCCCCCC/C=C\CC1OC1CCCCC. The van der Waals surface area contributed by atoms with E-state index in [1.807, 2.05) is 0 Å². The molecule has 1 saturated heterocycles. The monoisotopic (exact) mass is 623 g/mol. The molecular formula is C38H70O6. The molecule has 258 valence electrons. The van der Waals surface area contributed by atoms with Gasteiger partial charge in [0.1, 0.15) is 19.3 Å². The first-order chi connectivity index (χ1) is 21.6. The molecule has 0 bridgehead atoms. The average Bonchev–Trinajstić information content (AvgIpc) is 3.77. The Morgan fingerprint density at radius 1 is 0.591 bits per heavy atom. The van der Waals surface area contributed by atoms with Crippen molar-refractivity contribution >= 4 is 11.9 Å². The summed E-state index contributed by atoms with van der Waals surface area (Å²) in [6.07, 6.45) is 35.7. The topological polar surface area (TPSA) is 85.4 Å². The molecule has 1 rings (SSSR count). The van der Waals surface area contributed by atoms with Crippen molar-refractivity contribution in [2.45, 2.75) is 206 Å². The molecule has 0 aliphatic carbocycles. The van der Waals surface area contributed by atoms with Crippen molar-refractivity contribution in [1.29, 1.82) is 0 Å². The lowest BCUT2D eigenvalue weighted by Gasteiger charge is -2.12. The van der Waals surface area contributed by atoms with E-state index >= 15 is 0 Å². The number of rotatable bonds is 33. The molecule has 0 amide bonds. The standard InChI is InChI=1S/C38H70O6/c1-3-5-7-8-9-10-11-12-13-14-15-19-22-26-30-37(40)42-32-34(39)33-43-38(41)31-27-23-20-17-16-18-21-25-29-36-35(44-36)28-24-6-4-2/h21,25,34-36,39H,3-20,22-24,26-33H2,1-2H3/b25-21-/t34-,35?,36?/m0/s1. The van der Waals surface area contributed by atoms with Crippen LogP contribution in [0.2, 0.25) is 0 Å². The summed E-state index contributed by atoms with van der Waals surface area (Å²) in [6, 6.07) is 0. The highest BCUT2D eigenvalue weighted by molar-refractivity contribution is 5.69. The van der Waals surface area contributed by atoms with E-state index in [1.165, 1.54) is 109 Å². The van der Waals surface area contributed by atoms with Gasteiger partial charge in [0.15, 0.2) is 0 Å². The Morgan fingerprint density at radius 2 is 1.02 bits per heavy atom. The van der Waals surface area contributed by atoms with Gasteiger partial charge in [0.2, 0.25) is 0 Å². The van der Waals surface area contributed by atoms with Gasteiger partial charge in [0, 0.05) is 12.8 Å². The summed E-state index contributed by atoms with van der Waals surface area (Å²) in [7, 11) is 0. The Bertz CT molecular complexity index is 693. The van der Waals surface area contributed by atoms with Gasteiger partial charge in [-0.2, -0.15) is 0 Å². The van der Waals surface area contributed by atoms with Gasteiger partial charge in [-0.05, 0) is 38.5 Å². The number of unbranched alkanes of at least 4 members (excludes halogenated alkanes) is 20. The van der Waals surface area contributed by atoms with Crippen molar-refractivity contribution in [3.8, 4) is 0 Å². The minimum atomic E-state index is -0.967. The van der Waals surface area contributed by atoms with Crippen LogP contribution in [0, 0.1) is 0 Å². The third-order valence-electron chi connectivity index (χ3n) is 8.67.